The smallest absolute Gasteiger partial charge is 0.301 e. The topological polar surface area (TPSA) is 147 Å². The third-order valence-electron chi connectivity index (χ3n) is 6.81. The summed E-state index contributed by atoms with van der Waals surface area (Å²) in [6.07, 6.45) is 5.07. The van der Waals surface area contributed by atoms with E-state index in [9.17, 15) is 18.5 Å². The number of aromatic nitrogens is 3. The third kappa shape index (κ3) is 5.20. The van der Waals surface area contributed by atoms with Gasteiger partial charge < -0.3 is 15.2 Å². The zero-order valence-corrected chi connectivity index (χ0v) is 22.4. The number of aromatic amines is 1. The number of anilines is 2. The second-order valence-electron chi connectivity index (χ2n) is 9.15. The van der Waals surface area contributed by atoms with Crippen molar-refractivity contribution >= 4 is 38.5 Å². The number of ketones is 1. The fourth-order valence-corrected chi connectivity index (χ4v) is 5.41. The number of nitrogens with one attached hydrogen (secondary N) is 3. The van der Waals surface area contributed by atoms with Crippen LogP contribution in [-0.4, -0.2) is 73.2 Å². The summed E-state index contributed by atoms with van der Waals surface area (Å²) in [6.45, 7) is 5.59. The molecule has 0 aliphatic carbocycles. The van der Waals surface area contributed by atoms with Crippen molar-refractivity contribution in [2.24, 2.45) is 0 Å². The van der Waals surface area contributed by atoms with Gasteiger partial charge in [0.15, 0.2) is 5.78 Å². The Labute approximate surface area is 226 Å². The summed E-state index contributed by atoms with van der Waals surface area (Å²) in [5.74, 6) is 0.491. The maximum atomic E-state index is 13.7. The Balaban J connectivity index is 1.48. The quantitative estimate of drug-likeness (QED) is 0.287. The molecule has 11 nitrogen and oxygen atoms in total. The van der Waals surface area contributed by atoms with Crippen LogP contribution in [0.3, 0.4) is 0 Å². The summed E-state index contributed by atoms with van der Waals surface area (Å²) in [5.41, 5.74) is 2.57. The first-order chi connectivity index (χ1) is 18.8. The molecule has 0 unspecified atom stereocenters. The van der Waals surface area contributed by atoms with E-state index in [-0.39, 0.29) is 23.4 Å². The van der Waals surface area contributed by atoms with Gasteiger partial charge in [0, 0.05) is 86.0 Å². The van der Waals surface area contributed by atoms with Crippen molar-refractivity contribution in [3.05, 3.63) is 71.7 Å². The van der Waals surface area contributed by atoms with Crippen LogP contribution in [0.1, 0.15) is 28.4 Å². The molecular formula is C27H28N8O3S. The number of H-pyrrole nitrogens is 1. The van der Waals surface area contributed by atoms with Crippen LogP contribution in [0.5, 0.6) is 0 Å². The number of carbonyl (C=O) groups excluding carboxylic acids is 1. The Morgan fingerprint density at radius 3 is 2.59 bits per heavy atom. The second kappa shape index (κ2) is 10.8. The molecule has 1 fully saturated rings. The molecule has 5 rings (SSSR count). The summed E-state index contributed by atoms with van der Waals surface area (Å²) >= 11 is 0. The van der Waals surface area contributed by atoms with Gasteiger partial charge in [-0.05, 0) is 30.3 Å². The highest BCUT2D eigenvalue weighted by atomic mass is 32.2. The minimum absolute atomic E-state index is 0.0398. The molecule has 4 aromatic rings. The SMILES string of the molecule is CCN(C)S(=O)(=O)Nc1cccc(C(=O)c2c[nH]c3ncc(-c4ccc(N5CCNCC5)nc4)cc23)c1C#N. The predicted octanol–water partition coefficient (Wildman–Crippen LogP) is 2.75. The van der Waals surface area contributed by atoms with Gasteiger partial charge in [-0.25, -0.2) is 9.97 Å². The number of hydrogen-bond donors (Lipinski definition) is 3. The standard InChI is InChI=1S/C27H28N8O3S/c1-3-34(2)39(37,38)33-24-6-4-5-20(22(24)14-28)26(36)23-17-32-27-21(23)13-19(16-31-27)18-7-8-25(30-15-18)35-11-9-29-10-12-35/h4-8,13,15-17,29,33H,3,9-12H2,1-2H3,(H,31,32). The molecule has 1 aliphatic rings. The molecule has 4 heterocycles. The number of hydrogen-bond acceptors (Lipinski definition) is 8. The highest BCUT2D eigenvalue weighted by molar-refractivity contribution is 7.90. The molecule has 39 heavy (non-hydrogen) atoms. The molecule has 0 spiro atoms. The summed E-state index contributed by atoms with van der Waals surface area (Å²) in [5, 5.41) is 13.8. The number of nitrogens with zero attached hydrogens (tertiary/aromatic N) is 5. The highest BCUT2D eigenvalue weighted by Gasteiger charge is 2.23. The summed E-state index contributed by atoms with van der Waals surface area (Å²) < 4.78 is 28.7. The van der Waals surface area contributed by atoms with Gasteiger partial charge in [0.25, 0.3) is 0 Å². The van der Waals surface area contributed by atoms with E-state index in [0.717, 1.165) is 47.4 Å². The highest BCUT2D eigenvalue weighted by Crippen LogP contribution is 2.29. The Morgan fingerprint density at radius 2 is 1.90 bits per heavy atom. The van der Waals surface area contributed by atoms with E-state index < -0.39 is 16.0 Å². The van der Waals surface area contributed by atoms with Gasteiger partial charge in [-0.15, -0.1) is 0 Å². The van der Waals surface area contributed by atoms with Crippen LogP contribution in [0.4, 0.5) is 11.5 Å². The second-order valence-corrected chi connectivity index (χ2v) is 10.9. The van der Waals surface area contributed by atoms with Gasteiger partial charge >= 0.3 is 10.2 Å². The van der Waals surface area contributed by atoms with Crippen molar-refractivity contribution in [3.63, 3.8) is 0 Å². The lowest BCUT2D eigenvalue weighted by Gasteiger charge is -2.28. The molecule has 12 heteroatoms. The van der Waals surface area contributed by atoms with Crippen LogP contribution >= 0.6 is 0 Å². The van der Waals surface area contributed by atoms with Crippen LogP contribution in [0, 0.1) is 11.3 Å². The van der Waals surface area contributed by atoms with Crippen LogP contribution in [0.25, 0.3) is 22.2 Å². The first kappa shape index (κ1) is 26.3. The van der Waals surface area contributed by atoms with Gasteiger partial charge in [-0.2, -0.15) is 18.0 Å². The Morgan fingerprint density at radius 1 is 1.13 bits per heavy atom. The van der Waals surface area contributed by atoms with Crippen molar-refractivity contribution in [2.45, 2.75) is 6.92 Å². The zero-order valence-electron chi connectivity index (χ0n) is 21.6. The fraction of sp³-hybridized carbons (Fsp3) is 0.259. The minimum Gasteiger partial charge on any atom is -0.354 e. The number of piperazine rings is 1. The summed E-state index contributed by atoms with van der Waals surface area (Å²) in [4.78, 5) is 28.0. The number of nitriles is 1. The molecule has 0 radical (unpaired) electrons. The normalized spacial score (nSPS) is 13.9. The lowest BCUT2D eigenvalue weighted by molar-refractivity contribution is 0.104. The molecule has 0 saturated carbocycles. The average molecular weight is 545 g/mol. The van der Waals surface area contributed by atoms with E-state index in [1.54, 1.807) is 31.6 Å². The van der Waals surface area contributed by atoms with E-state index >= 15 is 0 Å². The molecule has 3 N–H and O–H groups in total. The van der Waals surface area contributed by atoms with Gasteiger partial charge in [-0.3, -0.25) is 9.52 Å². The molecule has 0 atom stereocenters. The molecule has 1 saturated heterocycles. The molecule has 0 bridgehead atoms. The zero-order chi connectivity index (χ0) is 27.6. The molecule has 0 amide bonds. The number of fused-ring (bicyclic) bond motifs is 1. The number of carbonyl (C=O) groups is 1. The maximum Gasteiger partial charge on any atom is 0.301 e. The van der Waals surface area contributed by atoms with Gasteiger partial charge in [0.1, 0.15) is 17.5 Å². The molecule has 1 aliphatic heterocycles. The minimum atomic E-state index is -3.88. The summed E-state index contributed by atoms with van der Waals surface area (Å²) in [7, 11) is -2.46. The van der Waals surface area contributed by atoms with Crippen molar-refractivity contribution in [1.29, 1.82) is 5.26 Å². The van der Waals surface area contributed by atoms with Crippen molar-refractivity contribution < 1.29 is 13.2 Å². The lowest BCUT2D eigenvalue weighted by Crippen LogP contribution is -2.43. The van der Waals surface area contributed by atoms with E-state index in [1.165, 1.54) is 19.2 Å². The van der Waals surface area contributed by atoms with E-state index in [4.69, 9.17) is 0 Å². The Kier molecular flexibility index (Phi) is 7.30. The average Bonchev–Trinajstić information content (AvgIpc) is 3.40. The van der Waals surface area contributed by atoms with Crippen molar-refractivity contribution in [2.75, 3.05) is 49.4 Å². The largest absolute Gasteiger partial charge is 0.354 e. The maximum absolute atomic E-state index is 13.7. The fourth-order valence-electron chi connectivity index (χ4n) is 4.47. The molecule has 3 aromatic heterocycles. The molecule has 200 valence electrons. The number of benzene rings is 1. The first-order valence-electron chi connectivity index (χ1n) is 12.5. The lowest BCUT2D eigenvalue weighted by atomic mass is 9.97. The van der Waals surface area contributed by atoms with E-state index in [0.29, 0.717) is 16.6 Å². The third-order valence-corrected chi connectivity index (χ3v) is 8.37. The number of pyridine rings is 2. The van der Waals surface area contributed by atoms with Crippen molar-refractivity contribution in [3.8, 4) is 17.2 Å². The van der Waals surface area contributed by atoms with Crippen LogP contribution in [0.2, 0.25) is 0 Å². The van der Waals surface area contributed by atoms with Gasteiger partial charge in [0.2, 0.25) is 0 Å². The van der Waals surface area contributed by atoms with E-state index in [2.05, 4.69) is 29.9 Å². The first-order valence-corrected chi connectivity index (χ1v) is 14.0. The van der Waals surface area contributed by atoms with Gasteiger partial charge in [0.05, 0.1) is 11.3 Å². The monoisotopic (exact) mass is 544 g/mol. The van der Waals surface area contributed by atoms with Crippen LogP contribution in [-0.2, 0) is 10.2 Å². The predicted molar refractivity (Wildman–Crippen MR) is 150 cm³/mol. The van der Waals surface area contributed by atoms with E-state index in [1.807, 2.05) is 24.3 Å². The number of rotatable bonds is 8. The van der Waals surface area contributed by atoms with Gasteiger partial charge in [-0.1, -0.05) is 13.0 Å². The van der Waals surface area contributed by atoms with Crippen molar-refractivity contribution in [1.82, 2.24) is 24.6 Å². The summed E-state index contributed by atoms with van der Waals surface area (Å²) in [6, 6.07) is 12.3. The molecular weight excluding hydrogens is 516 g/mol. The molecule has 1 aromatic carbocycles. The Hall–Kier alpha value is -4.31. The Bertz CT molecular complexity index is 1670. The van der Waals surface area contributed by atoms with Crippen LogP contribution in [0.15, 0.2) is 55.0 Å². The van der Waals surface area contributed by atoms with Crippen LogP contribution < -0.4 is 14.9 Å².